The van der Waals surface area contributed by atoms with Crippen LogP contribution in [-0.2, 0) is 4.79 Å². The van der Waals surface area contributed by atoms with Gasteiger partial charge in [0.25, 0.3) is 5.91 Å². The first-order valence-electron chi connectivity index (χ1n) is 5.37. The van der Waals surface area contributed by atoms with E-state index in [0.29, 0.717) is 25.9 Å². The van der Waals surface area contributed by atoms with E-state index in [1.165, 1.54) is 11.0 Å². The molecule has 1 N–H and O–H groups in total. The molecule has 1 aliphatic heterocycles. The lowest BCUT2D eigenvalue weighted by molar-refractivity contribution is -0.120. The smallest absolute Gasteiger partial charge is 0.257 e. The highest BCUT2D eigenvalue weighted by atomic mass is 19.1. The third-order valence-electron chi connectivity index (χ3n) is 2.80. The molecule has 17 heavy (non-hydrogen) atoms. The van der Waals surface area contributed by atoms with Gasteiger partial charge in [-0.1, -0.05) is 0 Å². The normalized spacial score (nSPS) is 16.1. The maximum Gasteiger partial charge on any atom is 0.257 e. The van der Waals surface area contributed by atoms with E-state index in [2.05, 4.69) is 0 Å². The minimum Gasteiger partial charge on any atom is -0.507 e. The first-order valence-corrected chi connectivity index (χ1v) is 5.37. The Morgan fingerprint density at radius 2 is 1.94 bits per heavy atom. The van der Waals surface area contributed by atoms with Gasteiger partial charge in [-0.05, 0) is 12.1 Å². The van der Waals surface area contributed by atoms with Gasteiger partial charge >= 0.3 is 0 Å². The third kappa shape index (κ3) is 2.43. The molecule has 0 aromatic heterocycles. The molecule has 0 atom stereocenters. The van der Waals surface area contributed by atoms with Crippen LogP contribution in [0.3, 0.4) is 0 Å². The molecule has 1 heterocycles. The number of hydrogen-bond donors (Lipinski definition) is 1. The lowest BCUT2D eigenvalue weighted by atomic mass is 10.1. The van der Waals surface area contributed by atoms with Crippen molar-refractivity contribution in [2.75, 3.05) is 13.1 Å². The quantitative estimate of drug-likeness (QED) is 0.801. The van der Waals surface area contributed by atoms with E-state index in [-0.39, 0.29) is 23.0 Å². The van der Waals surface area contributed by atoms with Crippen molar-refractivity contribution >= 4 is 11.7 Å². The van der Waals surface area contributed by atoms with Gasteiger partial charge in [-0.15, -0.1) is 0 Å². The minimum absolute atomic E-state index is 0.0701. The number of ketones is 1. The van der Waals surface area contributed by atoms with E-state index in [4.69, 9.17) is 0 Å². The lowest BCUT2D eigenvalue weighted by Crippen LogP contribution is -2.38. The molecule has 1 aromatic rings. The minimum atomic E-state index is -0.590. The van der Waals surface area contributed by atoms with Crippen LogP contribution >= 0.6 is 0 Å². The number of phenolic OH excluding ortho intramolecular Hbond substituents is 1. The predicted octanol–water partition coefficient (Wildman–Crippen LogP) is 1.34. The van der Waals surface area contributed by atoms with Gasteiger partial charge in [0.2, 0.25) is 0 Å². The molecule has 0 spiro atoms. The van der Waals surface area contributed by atoms with Crippen molar-refractivity contribution in [2.24, 2.45) is 0 Å². The Kier molecular flexibility index (Phi) is 3.08. The number of likely N-dealkylation sites (tertiary alicyclic amines) is 1. The van der Waals surface area contributed by atoms with Crippen LogP contribution in [0.1, 0.15) is 23.2 Å². The van der Waals surface area contributed by atoms with Crippen molar-refractivity contribution in [2.45, 2.75) is 12.8 Å². The Labute approximate surface area is 97.7 Å². The molecule has 0 radical (unpaired) electrons. The van der Waals surface area contributed by atoms with Gasteiger partial charge in [0.05, 0.1) is 5.56 Å². The molecule has 0 bridgehead atoms. The molecule has 0 aliphatic carbocycles. The fraction of sp³-hybridized carbons (Fsp3) is 0.333. The summed E-state index contributed by atoms with van der Waals surface area (Å²) in [5.41, 5.74) is 0.0701. The summed E-state index contributed by atoms with van der Waals surface area (Å²) >= 11 is 0. The highest BCUT2D eigenvalue weighted by Gasteiger charge is 2.23. The monoisotopic (exact) mass is 237 g/mol. The van der Waals surface area contributed by atoms with E-state index in [1.807, 2.05) is 0 Å². The molecule has 5 heteroatoms. The Bertz CT molecular complexity index is 463. The zero-order chi connectivity index (χ0) is 12.4. The molecule has 1 aliphatic rings. The standard InChI is InChI=1S/C12H12FNO3/c13-8-1-2-10(11(16)7-8)12(17)14-5-3-9(15)4-6-14/h1-2,7,16H,3-6H2. The number of halogens is 1. The molecule has 2 rings (SSSR count). The topological polar surface area (TPSA) is 57.6 Å². The van der Waals surface area contributed by atoms with Crippen LogP contribution in [0.5, 0.6) is 5.75 Å². The maximum atomic E-state index is 12.8. The molecule has 0 unspecified atom stereocenters. The van der Waals surface area contributed by atoms with E-state index in [1.54, 1.807) is 0 Å². The number of rotatable bonds is 1. The van der Waals surface area contributed by atoms with E-state index in [0.717, 1.165) is 12.1 Å². The van der Waals surface area contributed by atoms with Crippen molar-refractivity contribution < 1.29 is 19.1 Å². The first kappa shape index (κ1) is 11.6. The predicted molar refractivity (Wildman–Crippen MR) is 58.2 cm³/mol. The molecule has 1 amide bonds. The van der Waals surface area contributed by atoms with E-state index < -0.39 is 5.82 Å². The van der Waals surface area contributed by atoms with Crippen LogP contribution in [0.4, 0.5) is 4.39 Å². The molecule has 4 nitrogen and oxygen atoms in total. The molecule has 1 fully saturated rings. The Morgan fingerprint density at radius 1 is 1.29 bits per heavy atom. The second-order valence-corrected chi connectivity index (χ2v) is 3.99. The Morgan fingerprint density at radius 3 is 2.53 bits per heavy atom. The van der Waals surface area contributed by atoms with Gasteiger partial charge in [-0.25, -0.2) is 4.39 Å². The molecule has 0 saturated carbocycles. The molecular weight excluding hydrogens is 225 g/mol. The summed E-state index contributed by atoms with van der Waals surface area (Å²) in [7, 11) is 0. The van der Waals surface area contributed by atoms with Crippen molar-refractivity contribution in [3.8, 4) is 5.75 Å². The zero-order valence-corrected chi connectivity index (χ0v) is 9.15. The van der Waals surface area contributed by atoms with Gasteiger partial charge in [0.15, 0.2) is 0 Å². The highest BCUT2D eigenvalue weighted by molar-refractivity contribution is 5.97. The number of hydrogen-bond acceptors (Lipinski definition) is 3. The van der Waals surface area contributed by atoms with Crippen molar-refractivity contribution in [1.29, 1.82) is 0 Å². The number of benzene rings is 1. The van der Waals surface area contributed by atoms with Gasteiger partial charge < -0.3 is 10.0 Å². The Hall–Kier alpha value is -1.91. The summed E-state index contributed by atoms with van der Waals surface area (Å²) < 4.78 is 12.8. The number of phenols is 1. The van der Waals surface area contributed by atoms with Gasteiger partial charge in [-0.2, -0.15) is 0 Å². The number of piperidine rings is 1. The highest BCUT2D eigenvalue weighted by Crippen LogP contribution is 2.21. The zero-order valence-electron chi connectivity index (χ0n) is 9.15. The van der Waals surface area contributed by atoms with Crippen molar-refractivity contribution in [1.82, 2.24) is 4.90 Å². The van der Waals surface area contributed by atoms with Crippen LogP contribution < -0.4 is 0 Å². The van der Waals surface area contributed by atoms with Crippen LogP contribution in [-0.4, -0.2) is 34.8 Å². The summed E-state index contributed by atoms with van der Waals surface area (Å²) in [6, 6.07) is 3.29. The third-order valence-corrected chi connectivity index (χ3v) is 2.80. The summed E-state index contributed by atoms with van der Waals surface area (Å²) in [4.78, 5) is 24.5. The summed E-state index contributed by atoms with van der Waals surface area (Å²) in [5.74, 6) is -1.19. The van der Waals surface area contributed by atoms with Crippen molar-refractivity contribution in [3.63, 3.8) is 0 Å². The summed E-state index contributed by atoms with van der Waals surface area (Å²) in [6.07, 6.45) is 0.682. The number of carbonyl (C=O) groups is 2. The van der Waals surface area contributed by atoms with E-state index >= 15 is 0 Å². The maximum absolute atomic E-state index is 12.8. The van der Waals surface area contributed by atoms with Crippen LogP contribution in [0, 0.1) is 5.82 Å². The summed E-state index contributed by atoms with van der Waals surface area (Å²) in [5, 5.41) is 9.49. The lowest BCUT2D eigenvalue weighted by Gasteiger charge is -2.26. The van der Waals surface area contributed by atoms with Crippen LogP contribution in [0.15, 0.2) is 18.2 Å². The molecular formula is C12H12FNO3. The van der Waals surface area contributed by atoms with Gasteiger partial charge in [-0.3, -0.25) is 9.59 Å². The van der Waals surface area contributed by atoms with E-state index in [9.17, 15) is 19.1 Å². The fourth-order valence-electron chi connectivity index (χ4n) is 1.82. The number of Topliss-reactive ketones (excluding diaryl/α,β-unsaturated/α-hetero) is 1. The first-order chi connectivity index (χ1) is 8.08. The number of carbonyl (C=O) groups excluding carboxylic acids is 2. The number of aromatic hydroxyl groups is 1. The van der Waals surface area contributed by atoms with Crippen LogP contribution in [0.25, 0.3) is 0 Å². The average molecular weight is 237 g/mol. The van der Waals surface area contributed by atoms with Crippen LogP contribution in [0.2, 0.25) is 0 Å². The molecule has 1 saturated heterocycles. The SMILES string of the molecule is O=C1CCN(C(=O)c2ccc(F)cc2O)CC1. The van der Waals surface area contributed by atoms with Gasteiger partial charge in [0, 0.05) is 32.0 Å². The summed E-state index contributed by atoms with van der Waals surface area (Å²) in [6.45, 7) is 0.711. The number of nitrogens with zero attached hydrogens (tertiary/aromatic N) is 1. The Balaban J connectivity index is 2.16. The fourth-order valence-corrected chi connectivity index (χ4v) is 1.82. The molecule has 1 aromatic carbocycles. The largest absolute Gasteiger partial charge is 0.507 e. The second-order valence-electron chi connectivity index (χ2n) is 3.99. The van der Waals surface area contributed by atoms with Gasteiger partial charge in [0.1, 0.15) is 17.3 Å². The average Bonchev–Trinajstić information content (AvgIpc) is 2.29. The van der Waals surface area contributed by atoms with Crippen molar-refractivity contribution in [3.05, 3.63) is 29.6 Å². The molecule has 90 valence electrons. The second kappa shape index (κ2) is 4.53. The number of amides is 1.